The number of rotatable bonds is 8. The van der Waals surface area contributed by atoms with E-state index < -0.39 is 5.41 Å². The minimum absolute atomic E-state index is 0.136. The van der Waals surface area contributed by atoms with E-state index in [9.17, 15) is 4.79 Å². The summed E-state index contributed by atoms with van der Waals surface area (Å²) in [5.74, 6) is 0.291. The van der Waals surface area contributed by atoms with Crippen molar-refractivity contribution in [3.8, 4) is 0 Å². The quantitative estimate of drug-likeness (QED) is 0.745. The average Bonchev–Trinajstić information content (AvgIpc) is 2.87. The summed E-state index contributed by atoms with van der Waals surface area (Å²) in [7, 11) is 0. The van der Waals surface area contributed by atoms with Gasteiger partial charge in [0.25, 0.3) is 0 Å². The number of ether oxygens (including phenoxy) is 1. The van der Waals surface area contributed by atoms with E-state index in [0.717, 1.165) is 19.3 Å². The molecule has 0 bridgehead atoms. The Morgan fingerprint density at radius 1 is 1.53 bits per heavy atom. The number of nitrogens with two attached hydrogens (primary N) is 1. The minimum atomic E-state index is -0.534. The van der Waals surface area contributed by atoms with E-state index in [1.165, 1.54) is 4.88 Å². The Bertz CT molecular complexity index is 376. The van der Waals surface area contributed by atoms with Gasteiger partial charge in [-0.15, -0.1) is 11.3 Å². The van der Waals surface area contributed by atoms with Crippen LogP contribution in [0.15, 0.2) is 17.5 Å². The van der Waals surface area contributed by atoms with Gasteiger partial charge in [-0.05, 0) is 43.6 Å². The van der Waals surface area contributed by atoms with Gasteiger partial charge in [0.15, 0.2) is 0 Å². The van der Waals surface area contributed by atoms with Gasteiger partial charge in [-0.1, -0.05) is 19.9 Å². The molecule has 108 valence electrons. The SMILES string of the molecule is CCOC(=O)C(CN)(CCc1cccs1)CC(C)C. The van der Waals surface area contributed by atoms with Crippen LogP contribution in [0, 0.1) is 11.3 Å². The first kappa shape index (κ1) is 16.2. The fourth-order valence-corrected chi connectivity index (χ4v) is 3.15. The highest BCUT2D eigenvalue weighted by Crippen LogP contribution is 2.33. The second kappa shape index (κ2) is 7.65. The minimum Gasteiger partial charge on any atom is -0.466 e. The van der Waals surface area contributed by atoms with Crippen molar-refractivity contribution in [2.24, 2.45) is 17.1 Å². The molecule has 3 nitrogen and oxygen atoms in total. The van der Waals surface area contributed by atoms with E-state index in [1.54, 1.807) is 11.3 Å². The molecule has 1 heterocycles. The number of carbonyl (C=O) groups excluding carboxylic acids is 1. The van der Waals surface area contributed by atoms with Crippen molar-refractivity contribution in [3.05, 3.63) is 22.4 Å². The molecule has 1 aromatic rings. The molecule has 1 unspecified atom stereocenters. The molecule has 0 aliphatic heterocycles. The van der Waals surface area contributed by atoms with Gasteiger partial charge < -0.3 is 10.5 Å². The first-order valence-corrected chi connectivity index (χ1v) is 7.81. The molecule has 0 aliphatic carbocycles. The first-order valence-electron chi connectivity index (χ1n) is 6.93. The Morgan fingerprint density at radius 2 is 2.26 bits per heavy atom. The summed E-state index contributed by atoms with van der Waals surface area (Å²) in [5.41, 5.74) is 5.40. The second-order valence-electron chi connectivity index (χ2n) is 5.38. The lowest BCUT2D eigenvalue weighted by molar-refractivity contribution is -0.156. The fourth-order valence-electron chi connectivity index (χ4n) is 2.44. The van der Waals surface area contributed by atoms with Crippen molar-refractivity contribution < 1.29 is 9.53 Å². The molecule has 0 amide bonds. The normalized spacial score (nSPS) is 14.4. The lowest BCUT2D eigenvalue weighted by Gasteiger charge is -2.31. The van der Waals surface area contributed by atoms with Crippen LogP contribution in [0.4, 0.5) is 0 Å². The predicted molar refractivity (Wildman–Crippen MR) is 80.2 cm³/mol. The van der Waals surface area contributed by atoms with Gasteiger partial charge in [0.05, 0.1) is 12.0 Å². The summed E-state index contributed by atoms with van der Waals surface area (Å²) in [5, 5.41) is 2.06. The summed E-state index contributed by atoms with van der Waals surface area (Å²) in [6.45, 7) is 6.85. The Hall–Kier alpha value is -0.870. The maximum absolute atomic E-state index is 12.3. The highest BCUT2D eigenvalue weighted by atomic mass is 32.1. The highest BCUT2D eigenvalue weighted by molar-refractivity contribution is 7.09. The van der Waals surface area contributed by atoms with E-state index in [2.05, 4.69) is 25.3 Å². The molecule has 0 saturated heterocycles. The van der Waals surface area contributed by atoms with Gasteiger partial charge in [-0.25, -0.2) is 0 Å². The molecular formula is C15H25NO2S. The average molecular weight is 283 g/mol. The Morgan fingerprint density at radius 3 is 2.74 bits per heavy atom. The first-order chi connectivity index (χ1) is 9.04. The van der Waals surface area contributed by atoms with Crippen molar-refractivity contribution in [2.75, 3.05) is 13.2 Å². The van der Waals surface area contributed by atoms with Crippen molar-refractivity contribution in [1.29, 1.82) is 0 Å². The zero-order chi connectivity index (χ0) is 14.3. The molecule has 4 heteroatoms. The largest absolute Gasteiger partial charge is 0.466 e. The molecular weight excluding hydrogens is 258 g/mol. The number of hydrogen-bond donors (Lipinski definition) is 1. The van der Waals surface area contributed by atoms with E-state index in [0.29, 0.717) is 19.1 Å². The lowest BCUT2D eigenvalue weighted by atomic mass is 9.76. The third kappa shape index (κ3) is 4.62. The molecule has 2 N–H and O–H groups in total. The molecule has 1 atom stereocenters. The molecule has 0 radical (unpaired) electrons. The van der Waals surface area contributed by atoms with E-state index in [4.69, 9.17) is 10.5 Å². The van der Waals surface area contributed by atoms with Crippen molar-refractivity contribution in [1.82, 2.24) is 0 Å². The van der Waals surface area contributed by atoms with Gasteiger partial charge in [0.1, 0.15) is 0 Å². The van der Waals surface area contributed by atoms with Crippen LogP contribution in [0.25, 0.3) is 0 Å². The van der Waals surface area contributed by atoms with E-state index in [1.807, 2.05) is 13.0 Å². The second-order valence-corrected chi connectivity index (χ2v) is 6.41. The van der Waals surface area contributed by atoms with E-state index in [-0.39, 0.29) is 5.97 Å². The van der Waals surface area contributed by atoms with Gasteiger partial charge in [-0.3, -0.25) is 4.79 Å². The predicted octanol–water partition coefficient (Wildman–Crippen LogP) is 3.24. The zero-order valence-corrected chi connectivity index (χ0v) is 13.0. The number of hydrogen-bond acceptors (Lipinski definition) is 4. The number of thiophene rings is 1. The molecule has 19 heavy (non-hydrogen) atoms. The zero-order valence-electron chi connectivity index (χ0n) is 12.1. The molecule has 1 aromatic heterocycles. The Labute approximate surface area is 120 Å². The van der Waals surface area contributed by atoms with Crippen LogP contribution in [0.2, 0.25) is 0 Å². The van der Waals surface area contributed by atoms with Crippen LogP contribution in [0.3, 0.4) is 0 Å². The fraction of sp³-hybridized carbons (Fsp3) is 0.667. The number of carbonyl (C=O) groups is 1. The summed E-state index contributed by atoms with van der Waals surface area (Å²) in [6, 6.07) is 4.14. The standard InChI is InChI=1S/C15H25NO2S/c1-4-18-14(17)15(11-16,10-12(2)3)8-7-13-6-5-9-19-13/h5-6,9,12H,4,7-8,10-11,16H2,1-3H3. The van der Waals surface area contributed by atoms with Gasteiger partial charge in [0, 0.05) is 11.4 Å². The third-order valence-electron chi connectivity index (χ3n) is 3.33. The van der Waals surface area contributed by atoms with Crippen molar-refractivity contribution in [3.63, 3.8) is 0 Å². The van der Waals surface area contributed by atoms with Crippen LogP contribution in [0.5, 0.6) is 0 Å². The maximum Gasteiger partial charge on any atom is 0.313 e. The van der Waals surface area contributed by atoms with Crippen LogP contribution in [0.1, 0.15) is 38.5 Å². The summed E-state index contributed by atoms with van der Waals surface area (Å²) >= 11 is 1.73. The van der Waals surface area contributed by atoms with Gasteiger partial charge >= 0.3 is 5.97 Å². The van der Waals surface area contributed by atoms with E-state index >= 15 is 0 Å². The summed E-state index contributed by atoms with van der Waals surface area (Å²) < 4.78 is 5.25. The molecule has 0 spiro atoms. The monoisotopic (exact) mass is 283 g/mol. The number of esters is 1. The molecule has 0 saturated carbocycles. The van der Waals surface area contributed by atoms with Crippen molar-refractivity contribution >= 4 is 17.3 Å². The molecule has 1 rings (SSSR count). The molecule has 0 fully saturated rings. The van der Waals surface area contributed by atoms with Crippen LogP contribution >= 0.6 is 11.3 Å². The molecule has 0 aliphatic rings. The highest BCUT2D eigenvalue weighted by Gasteiger charge is 2.38. The van der Waals surface area contributed by atoms with Crippen LogP contribution in [-0.2, 0) is 16.0 Å². The maximum atomic E-state index is 12.3. The third-order valence-corrected chi connectivity index (χ3v) is 4.26. The Kier molecular flexibility index (Phi) is 6.52. The van der Waals surface area contributed by atoms with Gasteiger partial charge in [-0.2, -0.15) is 0 Å². The van der Waals surface area contributed by atoms with Gasteiger partial charge in [0.2, 0.25) is 0 Å². The smallest absolute Gasteiger partial charge is 0.313 e. The topological polar surface area (TPSA) is 52.3 Å². The Balaban J connectivity index is 2.79. The van der Waals surface area contributed by atoms with Crippen molar-refractivity contribution in [2.45, 2.75) is 40.0 Å². The summed E-state index contributed by atoms with van der Waals surface area (Å²) in [4.78, 5) is 13.6. The molecule has 0 aromatic carbocycles. The number of aryl methyl sites for hydroxylation is 1. The lowest BCUT2D eigenvalue weighted by Crippen LogP contribution is -2.41. The summed E-state index contributed by atoms with van der Waals surface area (Å²) in [6.07, 6.45) is 2.44. The van der Waals surface area contributed by atoms with Crippen LogP contribution in [-0.4, -0.2) is 19.1 Å². The van der Waals surface area contributed by atoms with Crippen LogP contribution < -0.4 is 5.73 Å².